The second kappa shape index (κ2) is 10.1. The molecule has 0 aromatic heterocycles. The van der Waals surface area contributed by atoms with Crippen LogP contribution >= 0.6 is 0 Å². The quantitative estimate of drug-likeness (QED) is 0.740. The Labute approximate surface area is 184 Å². The molecule has 0 spiro atoms. The third-order valence-corrected chi connectivity index (χ3v) is 6.58. The van der Waals surface area contributed by atoms with Gasteiger partial charge in [0.15, 0.2) is 0 Å². The highest BCUT2D eigenvalue weighted by atomic mass is 16.2. The zero-order valence-corrected chi connectivity index (χ0v) is 18.2. The number of likely N-dealkylation sites (tertiary alicyclic amines) is 2. The maximum absolute atomic E-state index is 12.8. The standard InChI is InChI=1S/C25H33N3O3/c29-23(12-7-19-5-8-20(9-6-19)24(30)26-22-10-11-22)27-17-13-21(14-18-27)25(31)28-15-3-1-2-4-16-28/h5-9,12,21-22H,1-4,10-11,13-18H2,(H,26,30)/b12-7+. The molecule has 0 bridgehead atoms. The minimum Gasteiger partial charge on any atom is -0.349 e. The summed E-state index contributed by atoms with van der Waals surface area (Å²) >= 11 is 0. The Kier molecular flexibility index (Phi) is 7.05. The second-order valence-electron chi connectivity index (χ2n) is 9.04. The lowest BCUT2D eigenvalue weighted by Gasteiger charge is -2.33. The predicted molar refractivity (Wildman–Crippen MR) is 120 cm³/mol. The van der Waals surface area contributed by atoms with E-state index in [1.807, 2.05) is 21.9 Å². The summed E-state index contributed by atoms with van der Waals surface area (Å²) < 4.78 is 0. The van der Waals surface area contributed by atoms with E-state index >= 15 is 0 Å². The molecule has 0 unspecified atom stereocenters. The lowest BCUT2D eigenvalue weighted by atomic mass is 9.95. The van der Waals surface area contributed by atoms with Gasteiger partial charge in [-0.1, -0.05) is 25.0 Å². The fraction of sp³-hybridized carbons (Fsp3) is 0.560. The Morgan fingerprint density at radius 3 is 2.06 bits per heavy atom. The molecule has 1 aromatic carbocycles. The number of carbonyl (C=O) groups excluding carboxylic acids is 3. The third-order valence-electron chi connectivity index (χ3n) is 6.58. The highest BCUT2D eigenvalue weighted by Gasteiger charge is 2.30. The number of amides is 3. The molecule has 3 amide bonds. The van der Waals surface area contributed by atoms with E-state index in [4.69, 9.17) is 0 Å². The molecule has 1 saturated carbocycles. The average Bonchev–Trinajstić information content (AvgIpc) is 3.64. The van der Waals surface area contributed by atoms with Crippen molar-refractivity contribution in [3.63, 3.8) is 0 Å². The molecule has 2 aliphatic heterocycles. The van der Waals surface area contributed by atoms with Crippen LogP contribution in [0, 0.1) is 5.92 Å². The van der Waals surface area contributed by atoms with Gasteiger partial charge >= 0.3 is 0 Å². The van der Waals surface area contributed by atoms with E-state index in [1.165, 1.54) is 12.8 Å². The van der Waals surface area contributed by atoms with Crippen molar-refractivity contribution in [1.29, 1.82) is 0 Å². The van der Waals surface area contributed by atoms with Gasteiger partial charge in [-0.3, -0.25) is 14.4 Å². The van der Waals surface area contributed by atoms with E-state index in [9.17, 15) is 14.4 Å². The first-order valence-electron chi connectivity index (χ1n) is 11.8. The monoisotopic (exact) mass is 423 g/mol. The van der Waals surface area contributed by atoms with Crippen molar-refractivity contribution in [1.82, 2.24) is 15.1 Å². The summed E-state index contributed by atoms with van der Waals surface area (Å²) in [6.45, 7) is 3.05. The predicted octanol–water partition coefficient (Wildman–Crippen LogP) is 3.23. The molecule has 3 aliphatic rings. The number of hydrogen-bond acceptors (Lipinski definition) is 3. The molecule has 2 heterocycles. The molecule has 1 N–H and O–H groups in total. The summed E-state index contributed by atoms with van der Waals surface area (Å²) in [6.07, 6.45) is 11.7. The number of nitrogens with one attached hydrogen (secondary N) is 1. The molecule has 3 fully saturated rings. The molecule has 166 valence electrons. The fourth-order valence-corrected chi connectivity index (χ4v) is 4.41. The first kappa shape index (κ1) is 21.6. The van der Waals surface area contributed by atoms with E-state index in [0.29, 0.717) is 24.7 Å². The number of nitrogens with zero attached hydrogens (tertiary/aromatic N) is 2. The number of benzene rings is 1. The number of hydrogen-bond donors (Lipinski definition) is 1. The first-order chi connectivity index (χ1) is 15.1. The van der Waals surface area contributed by atoms with Crippen molar-refractivity contribution in [2.75, 3.05) is 26.2 Å². The molecule has 0 radical (unpaired) electrons. The SMILES string of the molecule is O=C(NC1CC1)c1ccc(/C=C/C(=O)N2CCC(C(=O)N3CCCCCC3)CC2)cc1. The summed E-state index contributed by atoms with van der Waals surface area (Å²) in [4.78, 5) is 41.3. The third kappa shape index (κ3) is 5.96. The number of piperidine rings is 1. The van der Waals surface area contributed by atoms with Crippen molar-refractivity contribution in [3.8, 4) is 0 Å². The van der Waals surface area contributed by atoms with Crippen LogP contribution in [0.4, 0.5) is 0 Å². The summed E-state index contributed by atoms with van der Waals surface area (Å²) in [7, 11) is 0. The molecule has 2 saturated heterocycles. The van der Waals surface area contributed by atoms with Crippen molar-refractivity contribution in [2.45, 2.75) is 57.4 Å². The van der Waals surface area contributed by atoms with Gasteiger partial charge < -0.3 is 15.1 Å². The molecule has 0 atom stereocenters. The highest BCUT2D eigenvalue weighted by Crippen LogP contribution is 2.22. The van der Waals surface area contributed by atoms with Crippen molar-refractivity contribution in [3.05, 3.63) is 41.5 Å². The van der Waals surface area contributed by atoms with Gasteiger partial charge in [0.05, 0.1) is 0 Å². The maximum Gasteiger partial charge on any atom is 0.251 e. The summed E-state index contributed by atoms with van der Waals surface area (Å²) in [5.74, 6) is 0.290. The average molecular weight is 424 g/mol. The zero-order chi connectivity index (χ0) is 21.6. The smallest absolute Gasteiger partial charge is 0.251 e. The van der Waals surface area contributed by atoms with E-state index < -0.39 is 0 Å². The Morgan fingerprint density at radius 1 is 0.806 bits per heavy atom. The minimum atomic E-state index is -0.0355. The van der Waals surface area contributed by atoms with Crippen LogP contribution in [0.5, 0.6) is 0 Å². The molecular formula is C25H33N3O3. The van der Waals surface area contributed by atoms with E-state index in [1.54, 1.807) is 24.3 Å². The van der Waals surface area contributed by atoms with Crippen molar-refractivity contribution < 1.29 is 14.4 Å². The Bertz CT molecular complexity index is 813. The van der Waals surface area contributed by atoms with Crippen molar-refractivity contribution >= 4 is 23.8 Å². The normalized spacial score (nSPS) is 20.5. The van der Waals surface area contributed by atoms with Gasteiger partial charge in [0, 0.05) is 49.8 Å². The zero-order valence-electron chi connectivity index (χ0n) is 18.2. The van der Waals surface area contributed by atoms with E-state index in [2.05, 4.69) is 5.32 Å². The van der Waals surface area contributed by atoms with Crippen LogP contribution < -0.4 is 5.32 Å². The molecule has 6 nitrogen and oxygen atoms in total. The Morgan fingerprint density at radius 2 is 1.45 bits per heavy atom. The van der Waals surface area contributed by atoms with Crippen LogP contribution in [0.3, 0.4) is 0 Å². The number of carbonyl (C=O) groups is 3. The largest absolute Gasteiger partial charge is 0.349 e. The van der Waals surface area contributed by atoms with Crippen LogP contribution in [-0.2, 0) is 9.59 Å². The maximum atomic E-state index is 12.8. The topological polar surface area (TPSA) is 69.7 Å². The first-order valence-corrected chi connectivity index (χ1v) is 11.8. The van der Waals surface area contributed by atoms with Gasteiger partial charge in [0.25, 0.3) is 5.91 Å². The van der Waals surface area contributed by atoms with E-state index in [0.717, 1.165) is 57.2 Å². The molecule has 4 rings (SSSR count). The van der Waals surface area contributed by atoms with Crippen LogP contribution in [0.1, 0.15) is 67.3 Å². The lowest BCUT2D eigenvalue weighted by molar-refractivity contribution is -0.139. The Balaban J connectivity index is 1.24. The van der Waals surface area contributed by atoms with Crippen LogP contribution in [0.25, 0.3) is 6.08 Å². The summed E-state index contributed by atoms with van der Waals surface area (Å²) in [5.41, 5.74) is 1.54. The lowest BCUT2D eigenvalue weighted by Crippen LogP contribution is -2.44. The van der Waals surface area contributed by atoms with Gasteiger partial charge in [-0.2, -0.15) is 0 Å². The highest BCUT2D eigenvalue weighted by molar-refractivity contribution is 5.95. The van der Waals surface area contributed by atoms with Gasteiger partial charge in [-0.05, 0) is 62.3 Å². The van der Waals surface area contributed by atoms with Gasteiger partial charge in [-0.15, -0.1) is 0 Å². The Hall–Kier alpha value is -2.63. The molecular weight excluding hydrogens is 390 g/mol. The molecule has 1 aromatic rings. The van der Waals surface area contributed by atoms with E-state index in [-0.39, 0.29) is 23.6 Å². The number of rotatable bonds is 5. The van der Waals surface area contributed by atoms with Crippen LogP contribution in [-0.4, -0.2) is 59.7 Å². The van der Waals surface area contributed by atoms with Crippen LogP contribution in [0.2, 0.25) is 0 Å². The summed E-state index contributed by atoms with van der Waals surface area (Å²) in [5, 5.41) is 2.97. The van der Waals surface area contributed by atoms with Crippen molar-refractivity contribution in [2.24, 2.45) is 5.92 Å². The molecule has 1 aliphatic carbocycles. The molecule has 31 heavy (non-hydrogen) atoms. The summed E-state index contributed by atoms with van der Waals surface area (Å²) in [6, 6.07) is 7.65. The minimum absolute atomic E-state index is 0.0174. The second-order valence-corrected chi connectivity index (χ2v) is 9.04. The van der Waals surface area contributed by atoms with Gasteiger partial charge in [0.1, 0.15) is 0 Å². The fourth-order valence-electron chi connectivity index (χ4n) is 4.41. The molecule has 6 heteroatoms. The van der Waals surface area contributed by atoms with Gasteiger partial charge in [-0.25, -0.2) is 0 Å². The van der Waals surface area contributed by atoms with Crippen LogP contribution in [0.15, 0.2) is 30.3 Å². The van der Waals surface area contributed by atoms with Gasteiger partial charge in [0.2, 0.25) is 11.8 Å².